The lowest BCUT2D eigenvalue weighted by molar-refractivity contribution is 0.428. The minimum Gasteiger partial charge on any atom is -0.346 e. The number of hydrogen-bond acceptors (Lipinski definition) is 1. The van der Waals surface area contributed by atoms with Gasteiger partial charge in [0.15, 0.2) is 0 Å². The van der Waals surface area contributed by atoms with E-state index in [4.69, 9.17) is 0 Å². The monoisotopic (exact) mass is 166 g/mol. The van der Waals surface area contributed by atoms with Gasteiger partial charge >= 0.3 is 0 Å². The molecule has 0 spiro atoms. The molecule has 1 fully saturated rings. The van der Waals surface area contributed by atoms with E-state index in [0.717, 1.165) is 5.92 Å². The summed E-state index contributed by atoms with van der Waals surface area (Å²) >= 11 is 0. The van der Waals surface area contributed by atoms with Gasteiger partial charge in [-0.05, 0) is 37.2 Å². The smallest absolute Gasteiger partial charge is 0.214 e. The van der Waals surface area contributed by atoms with Crippen molar-refractivity contribution in [3.05, 3.63) is 0 Å². The van der Waals surface area contributed by atoms with E-state index in [0.29, 0.717) is 5.31 Å². The summed E-state index contributed by atoms with van der Waals surface area (Å²) in [5, 5.41) is 0.365. The van der Waals surface area contributed by atoms with Crippen LogP contribution < -0.4 is 0 Å². The van der Waals surface area contributed by atoms with Gasteiger partial charge in [-0.15, -0.1) is 0 Å². The first-order valence-corrected chi connectivity index (χ1v) is 5.12. The maximum absolute atomic E-state index is 2.49. The Hall–Kier alpha value is 0.0249. The van der Waals surface area contributed by atoms with Crippen LogP contribution in [0.2, 0.25) is 5.31 Å². The second-order valence-electron chi connectivity index (χ2n) is 4.85. The Balaban J connectivity index is 2.37. The molecule has 69 valence electrons. The molecule has 1 nitrogen and oxygen atoms in total. The second kappa shape index (κ2) is 3.82. The van der Waals surface area contributed by atoms with Gasteiger partial charge in [0.05, 0.1) is 0 Å². The number of rotatable bonds is 3. The fraction of sp³-hybridized carbons (Fsp3) is 1.00. The van der Waals surface area contributed by atoms with Crippen LogP contribution in [0.3, 0.4) is 0 Å². The van der Waals surface area contributed by atoms with E-state index in [1.807, 2.05) is 0 Å². The Kier molecular flexibility index (Phi) is 3.22. The maximum Gasteiger partial charge on any atom is 0.214 e. The Morgan fingerprint density at radius 3 is 2.08 bits per heavy atom. The summed E-state index contributed by atoms with van der Waals surface area (Å²) in [7, 11) is 2.44. The average Bonchev–Trinajstić information content (AvgIpc) is 2.38. The molecule has 0 atom stereocenters. The highest BCUT2D eigenvalue weighted by atomic mass is 15.1. The van der Waals surface area contributed by atoms with Crippen molar-refractivity contribution in [1.82, 2.24) is 4.81 Å². The highest BCUT2D eigenvalue weighted by Crippen LogP contribution is 2.34. The summed E-state index contributed by atoms with van der Waals surface area (Å²) < 4.78 is 0. The summed E-state index contributed by atoms with van der Waals surface area (Å²) in [5.41, 5.74) is 0. The number of hydrogen-bond donors (Lipinski definition) is 0. The van der Waals surface area contributed by atoms with E-state index in [-0.39, 0.29) is 0 Å². The summed E-state index contributed by atoms with van der Waals surface area (Å²) in [4.78, 5) is 2.49. The molecule has 0 N–H and O–H groups in total. The van der Waals surface area contributed by atoms with Gasteiger partial charge in [-0.2, -0.15) is 0 Å². The Bertz CT molecular complexity index is 137. The molecule has 1 aliphatic rings. The molecule has 0 aromatic carbocycles. The van der Waals surface area contributed by atoms with Gasteiger partial charge in [0.1, 0.15) is 0 Å². The normalized spacial score (nSPS) is 20.4. The predicted octanol–water partition coefficient (Wildman–Crippen LogP) is 2.56. The van der Waals surface area contributed by atoms with E-state index >= 15 is 0 Å². The molecular weight excluding hydrogens is 145 g/mol. The first-order chi connectivity index (χ1) is 5.52. The zero-order valence-corrected chi connectivity index (χ0v) is 8.93. The Labute approximate surface area is 77.8 Å². The van der Waals surface area contributed by atoms with Crippen molar-refractivity contribution in [1.29, 1.82) is 0 Å². The van der Waals surface area contributed by atoms with E-state index in [1.54, 1.807) is 0 Å². The van der Waals surface area contributed by atoms with Crippen LogP contribution in [0.5, 0.6) is 0 Å². The zero-order chi connectivity index (χ0) is 9.19. The van der Waals surface area contributed by atoms with Gasteiger partial charge in [0.25, 0.3) is 0 Å². The van der Waals surface area contributed by atoms with Crippen molar-refractivity contribution in [2.75, 3.05) is 13.1 Å². The van der Waals surface area contributed by atoms with Gasteiger partial charge in [0.2, 0.25) is 7.41 Å². The first-order valence-electron chi connectivity index (χ1n) is 5.12. The Morgan fingerprint density at radius 2 is 1.67 bits per heavy atom. The molecule has 0 bridgehead atoms. The van der Waals surface area contributed by atoms with Crippen LogP contribution >= 0.6 is 0 Å². The highest BCUT2D eigenvalue weighted by molar-refractivity contribution is 6.36. The van der Waals surface area contributed by atoms with E-state index in [1.165, 1.54) is 25.9 Å². The van der Waals surface area contributed by atoms with E-state index in [2.05, 4.69) is 39.9 Å². The van der Waals surface area contributed by atoms with Crippen molar-refractivity contribution in [2.45, 2.75) is 45.9 Å². The van der Waals surface area contributed by atoms with Crippen LogP contribution in [0.25, 0.3) is 0 Å². The number of nitrogens with zero attached hydrogens (tertiary/aromatic N) is 1. The van der Waals surface area contributed by atoms with Crippen molar-refractivity contribution in [2.24, 2.45) is 5.92 Å². The lowest BCUT2D eigenvalue weighted by Gasteiger charge is -2.32. The highest BCUT2D eigenvalue weighted by Gasteiger charge is 2.28. The molecule has 2 heteroatoms. The SMILES string of the molecule is CC(C)C(C)(C)[B]N1CCCC1. The van der Waals surface area contributed by atoms with Crippen molar-refractivity contribution in [3.8, 4) is 0 Å². The van der Waals surface area contributed by atoms with Gasteiger partial charge in [0, 0.05) is 0 Å². The van der Waals surface area contributed by atoms with Gasteiger partial charge in [-0.1, -0.05) is 27.7 Å². The van der Waals surface area contributed by atoms with Crippen LogP contribution in [-0.4, -0.2) is 25.3 Å². The zero-order valence-electron chi connectivity index (χ0n) is 8.93. The fourth-order valence-corrected chi connectivity index (χ4v) is 1.49. The molecule has 12 heavy (non-hydrogen) atoms. The van der Waals surface area contributed by atoms with Crippen molar-refractivity contribution in [3.63, 3.8) is 0 Å². The predicted molar refractivity (Wildman–Crippen MR) is 55.4 cm³/mol. The van der Waals surface area contributed by atoms with Gasteiger partial charge in [-0.3, -0.25) is 0 Å². The maximum atomic E-state index is 2.49. The molecule has 1 radical (unpaired) electrons. The van der Waals surface area contributed by atoms with Gasteiger partial charge < -0.3 is 4.81 Å². The average molecular weight is 166 g/mol. The van der Waals surface area contributed by atoms with E-state index in [9.17, 15) is 0 Å². The molecule has 1 aliphatic heterocycles. The second-order valence-corrected chi connectivity index (χ2v) is 4.85. The molecule has 0 aromatic rings. The van der Waals surface area contributed by atoms with Crippen LogP contribution in [0, 0.1) is 5.92 Å². The third kappa shape index (κ3) is 2.51. The van der Waals surface area contributed by atoms with Crippen LogP contribution in [0.1, 0.15) is 40.5 Å². The minimum atomic E-state index is 0.365. The Morgan fingerprint density at radius 1 is 1.17 bits per heavy atom. The molecule has 0 aromatic heterocycles. The quantitative estimate of drug-likeness (QED) is 0.582. The van der Waals surface area contributed by atoms with Crippen molar-refractivity contribution >= 4 is 7.41 Å². The lowest BCUT2D eigenvalue weighted by Crippen LogP contribution is -2.34. The summed E-state index contributed by atoms with van der Waals surface area (Å²) in [5.74, 6) is 0.734. The van der Waals surface area contributed by atoms with Gasteiger partial charge in [-0.25, -0.2) is 0 Å². The fourth-order valence-electron chi connectivity index (χ4n) is 1.49. The van der Waals surface area contributed by atoms with Crippen LogP contribution in [-0.2, 0) is 0 Å². The minimum absolute atomic E-state index is 0.365. The summed E-state index contributed by atoms with van der Waals surface area (Å²) in [6.07, 6.45) is 2.76. The first kappa shape index (κ1) is 10.1. The molecule has 1 rings (SSSR count). The molecule has 1 saturated heterocycles. The molecular formula is C10H21BN. The standard InChI is InChI=1S/C10H21BN/c1-9(2)10(3,4)11-12-7-5-6-8-12/h9H,5-8H2,1-4H3. The molecule has 0 aliphatic carbocycles. The molecule has 0 unspecified atom stereocenters. The van der Waals surface area contributed by atoms with Crippen LogP contribution in [0.4, 0.5) is 0 Å². The lowest BCUT2D eigenvalue weighted by atomic mass is 9.56. The van der Waals surface area contributed by atoms with Crippen LogP contribution in [0.15, 0.2) is 0 Å². The van der Waals surface area contributed by atoms with E-state index < -0.39 is 0 Å². The molecule has 0 saturated carbocycles. The largest absolute Gasteiger partial charge is 0.346 e. The summed E-state index contributed by atoms with van der Waals surface area (Å²) in [6.45, 7) is 11.8. The third-order valence-electron chi connectivity index (χ3n) is 3.14. The van der Waals surface area contributed by atoms with Crippen molar-refractivity contribution < 1.29 is 0 Å². The molecule has 0 amide bonds. The summed E-state index contributed by atoms with van der Waals surface area (Å²) in [6, 6.07) is 0. The molecule has 1 heterocycles. The topological polar surface area (TPSA) is 3.24 Å². The third-order valence-corrected chi connectivity index (χ3v) is 3.14.